The van der Waals surface area contributed by atoms with Gasteiger partial charge in [-0.2, -0.15) is 5.10 Å². The fourth-order valence-corrected chi connectivity index (χ4v) is 1.83. The largest absolute Gasteiger partial charge is 0.264 e. The number of nitrogens with zero attached hydrogens (tertiary/aromatic N) is 2. The van der Waals surface area contributed by atoms with Gasteiger partial charge in [0.2, 0.25) is 0 Å². The summed E-state index contributed by atoms with van der Waals surface area (Å²) in [6.45, 7) is 0.705. The van der Waals surface area contributed by atoms with Crippen molar-refractivity contribution >= 4 is 23.2 Å². The Bertz CT molecular complexity index is 451. The van der Waals surface area contributed by atoms with Gasteiger partial charge in [0.05, 0.1) is 12.2 Å². The fourth-order valence-electron chi connectivity index (χ4n) is 1.48. The highest BCUT2D eigenvalue weighted by molar-refractivity contribution is 6.30. The molecule has 0 saturated carbocycles. The maximum atomic E-state index is 5.94. The molecular weight excluding hydrogens is 231 g/mol. The Morgan fingerprint density at radius 3 is 2.87 bits per heavy atom. The van der Waals surface area contributed by atoms with Crippen LogP contribution < -0.4 is 0 Å². The Hall–Kier alpha value is -0.990. The van der Waals surface area contributed by atoms with Crippen LogP contribution in [0.5, 0.6) is 0 Å². The van der Waals surface area contributed by atoms with E-state index in [0.29, 0.717) is 12.4 Å². The molecular formula is C11H10Cl2N2. The lowest BCUT2D eigenvalue weighted by Crippen LogP contribution is -2.02. The minimum absolute atomic E-state index is 0.551. The van der Waals surface area contributed by atoms with Gasteiger partial charge in [0.25, 0.3) is 0 Å². The lowest BCUT2D eigenvalue weighted by atomic mass is 10.1. The first-order chi connectivity index (χ1) is 7.31. The fraction of sp³-hybridized carbons (Fsp3) is 0.182. The number of aromatic nitrogens is 2. The third-order valence-electron chi connectivity index (χ3n) is 2.13. The molecule has 0 aliphatic carbocycles. The van der Waals surface area contributed by atoms with Crippen LogP contribution in [0.4, 0.5) is 0 Å². The molecule has 2 rings (SSSR count). The van der Waals surface area contributed by atoms with E-state index in [1.807, 2.05) is 35.0 Å². The summed E-state index contributed by atoms with van der Waals surface area (Å²) in [5.74, 6) is 0.551. The van der Waals surface area contributed by atoms with Crippen molar-refractivity contribution in [2.24, 2.45) is 0 Å². The minimum Gasteiger partial charge on any atom is -0.264 e. The van der Waals surface area contributed by atoms with Crippen LogP contribution in [0.2, 0.25) is 5.02 Å². The zero-order valence-electron chi connectivity index (χ0n) is 8.03. The highest BCUT2D eigenvalue weighted by Gasteiger charge is 2.04. The normalized spacial score (nSPS) is 10.5. The molecule has 0 radical (unpaired) electrons. The van der Waals surface area contributed by atoms with E-state index < -0.39 is 0 Å². The Kier molecular flexibility index (Phi) is 3.29. The van der Waals surface area contributed by atoms with E-state index in [1.165, 1.54) is 0 Å². The van der Waals surface area contributed by atoms with Gasteiger partial charge in [0, 0.05) is 22.7 Å². The summed E-state index contributed by atoms with van der Waals surface area (Å²) in [6.07, 6.45) is 1.77. The number of alkyl halides is 1. The van der Waals surface area contributed by atoms with E-state index in [9.17, 15) is 0 Å². The Balaban J connectivity index is 2.40. The monoisotopic (exact) mass is 240 g/mol. The third-order valence-corrected chi connectivity index (χ3v) is 2.54. The second kappa shape index (κ2) is 4.69. The quantitative estimate of drug-likeness (QED) is 0.752. The van der Waals surface area contributed by atoms with Crippen molar-refractivity contribution in [1.82, 2.24) is 9.78 Å². The van der Waals surface area contributed by atoms with E-state index in [0.717, 1.165) is 16.3 Å². The van der Waals surface area contributed by atoms with Gasteiger partial charge in [0.15, 0.2) is 0 Å². The first kappa shape index (κ1) is 10.5. The molecule has 0 fully saturated rings. The molecule has 2 aromatic rings. The van der Waals surface area contributed by atoms with Crippen molar-refractivity contribution in [3.63, 3.8) is 0 Å². The first-order valence-corrected chi connectivity index (χ1v) is 5.56. The van der Waals surface area contributed by atoms with Crippen molar-refractivity contribution in [3.05, 3.63) is 41.6 Å². The van der Waals surface area contributed by atoms with Crippen LogP contribution in [0.25, 0.3) is 11.3 Å². The molecule has 0 unspecified atom stereocenters. The highest BCUT2D eigenvalue weighted by Crippen LogP contribution is 2.22. The van der Waals surface area contributed by atoms with Crippen LogP contribution in [0, 0.1) is 0 Å². The van der Waals surface area contributed by atoms with Gasteiger partial charge in [0.1, 0.15) is 0 Å². The van der Waals surface area contributed by atoms with Crippen molar-refractivity contribution < 1.29 is 0 Å². The Labute approximate surface area is 98.4 Å². The van der Waals surface area contributed by atoms with Crippen LogP contribution in [-0.4, -0.2) is 15.7 Å². The molecule has 2 nitrogen and oxygen atoms in total. The molecule has 0 aliphatic heterocycles. The first-order valence-electron chi connectivity index (χ1n) is 4.65. The summed E-state index contributed by atoms with van der Waals surface area (Å²) >= 11 is 11.6. The number of halogens is 2. The van der Waals surface area contributed by atoms with Gasteiger partial charge in [-0.05, 0) is 18.2 Å². The zero-order chi connectivity index (χ0) is 10.7. The molecule has 1 heterocycles. The van der Waals surface area contributed by atoms with E-state index in [4.69, 9.17) is 23.2 Å². The van der Waals surface area contributed by atoms with Crippen molar-refractivity contribution in [2.45, 2.75) is 6.54 Å². The van der Waals surface area contributed by atoms with Crippen LogP contribution in [0.15, 0.2) is 36.5 Å². The second-order valence-corrected chi connectivity index (χ2v) is 3.95. The number of rotatable bonds is 3. The predicted molar refractivity (Wildman–Crippen MR) is 63.4 cm³/mol. The number of hydrogen-bond acceptors (Lipinski definition) is 1. The third kappa shape index (κ3) is 2.33. The van der Waals surface area contributed by atoms with Crippen molar-refractivity contribution in [2.75, 3.05) is 5.88 Å². The van der Waals surface area contributed by atoms with Crippen LogP contribution in [0.1, 0.15) is 0 Å². The molecule has 0 bridgehead atoms. The van der Waals surface area contributed by atoms with Crippen molar-refractivity contribution in [3.8, 4) is 11.3 Å². The molecule has 1 aromatic carbocycles. The highest BCUT2D eigenvalue weighted by atomic mass is 35.5. The number of benzene rings is 1. The molecule has 15 heavy (non-hydrogen) atoms. The summed E-state index contributed by atoms with van der Waals surface area (Å²) < 4.78 is 1.87. The van der Waals surface area contributed by atoms with Crippen LogP contribution >= 0.6 is 23.2 Å². The smallest absolute Gasteiger partial charge is 0.0683 e. The molecule has 0 N–H and O–H groups in total. The average Bonchev–Trinajstić information content (AvgIpc) is 2.66. The van der Waals surface area contributed by atoms with E-state index >= 15 is 0 Å². The number of aryl methyl sites for hydroxylation is 1. The van der Waals surface area contributed by atoms with Gasteiger partial charge in [-0.1, -0.05) is 23.7 Å². The SMILES string of the molecule is ClCCn1nccc1-c1cccc(Cl)c1. The summed E-state index contributed by atoms with van der Waals surface area (Å²) in [7, 11) is 0. The Morgan fingerprint density at radius 2 is 2.13 bits per heavy atom. The topological polar surface area (TPSA) is 17.8 Å². The molecule has 78 valence electrons. The predicted octanol–water partition coefficient (Wildman–Crippen LogP) is 3.44. The number of hydrogen-bond donors (Lipinski definition) is 0. The zero-order valence-corrected chi connectivity index (χ0v) is 9.54. The molecule has 0 amide bonds. The van der Waals surface area contributed by atoms with E-state index in [-0.39, 0.29) is 0 Å². The molecule has 1 aromatic heterocycles. The Morgan fingerprint density at radius 1 is 1.27 bits per heavy atom. The summed E-state index contributed by atoms with van der Waals surface area (Å²) in [6, 6.07) is 9.66. The van der Waals surface area contributed by atoms with E-state index in [1.54, 1.807) is 6.20 Å². The van der Waals surface area contributed by atoms with Gasteiger partial charge in [-0.15, -0.1) is 11.6 Å². The van der Waals surface area contributed by atoms with Crippen LogP contribution in [0.3, 0.4) is 0 Å². The summed E-state index contributed by atoms with van der Waals surface area (Å²) in [4.78, 5) is 0. The maximum Gasteiger partial charge on any atom is 0.0683 e. The lowest BCUT2D eigenvalue weighted by molar-refractivity contribution is 0.671. The molecule has 0 spiro atoms. The molecule has 0 aliphatic rings. The summed E-state index contributed by atoms with van der Waals surface area (Å²) in [5, 5.41) is 4.93. The average molecular weight is 241 g/mol. The maximum absolute atomic E-state index is 5.94. The van der Waals surface area contributed by atoms with Gasteiger partial charge < -0.3 is 0 Å². The molecule has 0 atom stereocenters. The van der Waals surface area contributed by atoms with Gasteiger partial charge in [-0.3, -0.25) is 4.68 Å². The van der Waals surface area contributed by atoms with Crippen molar-refractivity contribution in [1.29, 1.82) is 0 Å². The lowest BCUT2D eigenvalue weighted by Gasteiger charge is -2.05. The van der Waals surface area contributed by atoms with Crippen LogP contribution in [-0.2, 0) is 6.54 Å². The summed E-state index contributed by atoms with van der Waals surface area (Å²) in [5.41, 5.74) is 2.10. The van der Waals surface area contributed by atoms with E-state index in [2.05, 4.69) is 5.10 Å². The molecule has 4 heteroatoms. The van der Waals surface area contributed by atoms with Gasteiger partial charge >= 0.3 is 0 Å². The van der Waals surface area contributed by atoms with Gasteiger partial charge in [-0.25, -0.2) is 0 Å². The standard InChI is InChI=1S/C11H10Cl2N2/c12-5-7-15-11(4-6-14-15)9-2-1-3-10(13)8-9/h1-4,6,8H,5,7H2. The molecule has 0 saturated heterocycles. The second-order valence-electron chi connectivity index (χ2n) is 3.14. The minimum atomic E-state index is 0.551.